The summed E-state index contributed by atoms with van der Waals surface area (Å²) in [5.41, 5.74) is 6.21. The largest absolute Gasteiger partial charge is 0.485 e. The first-order valence-electron chi connectivity index (χ1n) is 4.58. The molecule has 2 N–H and O–H groups in total. The zero-order valence-corrected chi connectivity index (χ0v) is 9.89. The van der Waals surface area contributed by atoms with Crippen molar-refractivity contribution in [3.05, 3.63) is 40.6 Å². The highest BCUT2D eigenvalue weighted by Gasteiger charge is 2.09. The fraction of sp³-hybridized carbons (Fsp3) is 0.273. The normalized spacial score (nSPS) is 10.1. The van der Waals surface area contributed by atoms with E-state index in [1.807, 2.05) is 6.07 Å². The van der Waals surface area contributed by atoms with Gasteiger partial charge >= 0.3 is 0 Å². The van der Waals surface area contributed by atoms with Gasteiger partial charge < -0.3 is 10.5 Å². The Labute approximate surface area is 97.1 Å². The minimum absolute atomic E-state index is 0.249. The van der Waals surface area contributed by atoms with Gasteiger partial charge in [0.05, 0.1) is 0 Å². The van der Waals surface area contributed by atoms with Gasteiger partial charge in [0.2, 0.25) is 0 Å². The molecule has 0 amide bonds. The molecular formula is C11H13BrFNO. The second-order valence-electron chi connectivity index (χ2n) is 3.07. The molecule has 0 radical (unpaired) electrons. The van der Waals surface area contributed by atoms with Gasteiger partial charge in [0.25, 0.3) is 0 Å². The summed E-state index contributed by atoms with van der Waals surface area (Å²) in [5.74, 6) is -0.0988. The average molecular weight is 274 g/mol. The van der Waals surface area contributed by atoms with Crippen LogP contribution in [0, 0.1) is 5.82 Å². The van der Waals surface area contributed by atoms with E-state index in [-0.39, 0.29) is 18.2 Å². The van der Waals surface area contributed by atoms with Crippen LogP contribution in [-0.2, 0) is 6.42 Å². The number of rotatable bonds is 5. The predicted octanol–water partition coefficient (Wildman–Crippen LogP) is 2.61. The molecule has 0 aromatic heterocycles. The minimum atomic E-state index is -0.366. The van der Waals surface area contributed by atoms with Crippen LogP contribution in [0.4, 0.5) is 4.39 Å². The van der Waals surface area contributed by atoms with E-state index in [4.69, 9.17) is 10.5 Å². The highest BCUT2D eigenvalue weighted by Crippen LogP contribution is 2.23. The molecule has 0 aliphatic heterocycles. The summed E-state index contributed by atoms with van der Waals surface area (Å²) in [4.78, 5) is 0. The van der Waals surface area contributed by atoms with Crippen molar-refractivity contribution in [3.8, 4) is 5.75 Å². The van der Waals surface area contributed by atoms with Crippen molar-refractivity contribution in [1.82, 2.24) is 0 Å². The summed E-state index contributed by atoms with van der Waals surface area (Å²) in [6, 6.07) is 4.82. The van der Waals surface area contributed by atoms with E-state index in [2.05, 4.69) is 22.5 Å². The van der Waals surface area contributed by atoms with Crippen LogP contribution in [0.2, 0.25) is 0 Å². The molecule has 2 nitrogen and oxygen atoms in total. The molecule has 0 unspecified atom stereocenters. The van der Waals surface area contributed by atoms with Gasteiger partial charge in [-0.15, -0.1) is 0 Å². The fourth-order valence-electron chi connectivity index (χ4n) is 1.22. The quantitative estimate of drug-likeness (QED) is 0.895. The SMILES string of the molecule is C=C(Br)COc1c(F)cccc1CCN. The Morgan fingerprint density at radius 3 is 2.87 bits per heavy atom. The molecule has 0 heterocycles. The minimum Gasteiger partial charge on any atom is -0.485 e. The van der Waals surface area contributed by atoms with Crippen LogP contribution >= 0.6 is 15.9 Å². The fourth-order valence-corrected chi connectivity index (χ4v) is 1.33. The summed E-state index contributed by atoms with van der Waals surface area (Å²) >= 11 is 3.15. The first-order valence-corrected chi connectivity index (χ1v) is 5.38. The molecule has 1 aromatic carbocycles. The van der Waals surface area contributed by atoms with E-state index >= 15 is 0 Å². The highest BCUT2D eigenvalue weighted by atomic mass is 79.9. The maximum atomic E-state index is 13.4. The number of halogens is 2. The number of para-hydroxylation sites is 1. The second kappa shape index (κ2) is 5.88. The first-order chi connectivity index (χ1) is 7.15. The van der Waals surface area contributed by atoms with Crippen molar-refractivity contribution in [3.63, 3.8) is 0 Å². The number of benzene rings is 1. The molecule has 4 heteroatoms. The predicted molar refractivity (Wildman–Crippen MR) is 62.7 cm³/mol. The summed E-state index contributed by atoms with van der Waals surface area (Å²) in [5, 5.41) is 0. The third-order valence-electron chi connectivity index (χ3n) is 1.84. The molecule has 1 rings (SSSR count). The molecule has 0 saturated heterocycles. The topological polar surface area (TPSA) is 35.2 Å². The van der Waals surface area contributed by atoms with Crippen LogP contribution in [0.25, 0.3) is 0 Å². The van der Waals surface area contributed by atoms with Crippen molar-refractivity contribution in [2.45, 2.75) is 6.42 Å². The molecular weight excluding hydrogens is 261 g/mol. The summed E-state index contributed by atoms with van der Waals surface area (Å²) < 4.78 is 19.4. The van der Waals surface area contributed by atoms with Crippen molar-refractivity contribution in [1.29, 1.82) is 0 Å². The van der Waals surface area contributed by atoms with Gasteiger partial charge in [-0.05, 0) is 24.6 Å². The smallest absolute Gasteiger partial charge is 0.165 e. The summed E-state index contributed by atoms with van der Waals surface area (Å²) in [6.45, 7) is 4.34. The lowest BCUT2D eigenvalue weighted by Crippen LogP contribution is -2.07. The van der Waals surface area contributed by atoms with E-state index in [1.165, 1.54) is 6.07 Å². The van der Waals surface area contributed by atoms with Crippen molar-refractivity contribution in [2.24, 2.45) is 5.73 Å². The Kier molecular flexibility index (Phi) is 4.78. The maximum absolute atomic E-state index is 13.4. The Morgan fingerprint density at radius 1 is 1.53 bits per heavy atom. The molecule has 0 bridgehead atoms. The van der Waals surface area contributed by atoms with Gasteiger partial charge in [-0.2, -0.15) is 0 Å². The Bertz CT molecular complexity index is 354. The lowest BCUT2D eigenvalue weighted by atomic mass is 10.1. The maximum Gasteiger partial charge on any atom is 0.165 e. The van der Waals surface area contributed by atoms with Crippen LogP contribution in [0.1, 0.15) is 5.56 Å². The van der Waals surface area contributed by atoms with Gasteiger partial charge in [0.1, 0.15) is 6.61 Å². The molecule has 0 fully saturated rings. The van der Waals surface area contributed by atoms with E-state index < -0.39 is 0 Å². The van der Waals surface area contributed by atoms with Crippen molar-refractivity contribution in [2.75, 3.05) is 13.2 Å². The molecule has 1 aromatic rings. The van der Waals surface area contributed by atoms with E-state index in [0.717, 1.165) is 5.56 Å². The number of nitrogens with two attached hydrogens (primary N) is 1. The molecule has 0 aliphatic carbocycles. The number of hydrogen-bond acceptors (Lipinski definition) is 2. The van der Waals surface area contributed by atoms with E-state index in [1.54, 1.807) is 6.07 Å². The zero-order valence-electron chi connectivity index (χ0n) is 8.30. The monoisotopic (exact) mass is 273 g/mol. The Balaban J connectivity index is 2.86. The lowest BCUT2D eigenvalue weighted by Gasteiger charge is -2.11. The van der Waals surface area contributed by atoms with Gasteiger partial charge in [-0.25, -0.2) is 4.39 Å². The second-order valence-corrected chi connectivity index (χ2v) is 4.19. The van der Waals surface area contributed by atoms with Gasteiger partial charge in [-0.1, -0.05) is 34.6 Å². The van der Waals surface area contributed by atoms with Crippen molar-refractivity contribution < 1.29 is 9.13 Å². The standard InChI is InChI=1S/C11H13BrFNO/c1-8(12)7-15-11-9(5-6-14)3-2-4-10(11)13/h2-4H,1,5-7,14H2. The Hall–Kier alpha value is -0.870. The molecule has 82 valence electrons. The van der Waals surface area contributed by atoms with Crippen LogP contribution in [0.3, 0.4) is 0 Å². The molecule has 15 heavy (non-hydrogen) atoms. The Morgan fingerprint density at radius 2 is 2.27 bits per heavy atom. The average Bonchev–Trinajstić information content (AvgIpc) is 2.17. The molecule has 0 atom stereocenters. The third-order valence-corrected chi connectivity index (χ3v) is 2.06. The molecule has 0 aliphatic rings. The lowest BCUT2D eigenvalue weighted by molar-refractivity contribution is 0.336. The summed E-state index contributed by atoms with van der Waals surface area (Å²) in [7, 11) is 0. The number of hydrogen-bond donors (Lipinski definition) is 1. The van der Waals surface area contributed by atoms with Crippen LogP contribution in [-0.4, -0.2) is 13.2 Å². The van der Waals surface area contributed by atoms with Crippen LogP contribution in [0.15, 0.2) is 29.3 Å². The first kappa shape index (κ1) is 12.2. The summed E-state index contributed by atoms with van der Waals surface area (Å²) in [6.07, 6.45) is 0.599. The van der Waals surface area contributed by atoms with Gasteiger partial charge in [0.15, 0.2) is 11.6 Å². The van der Waals surface area contributed by atoms with E-state index in [0.29, 0.717) is 17.4 Å². The third kappa shape index (κ3) is 3.64. The van der Waals surface area contributed by atoms with Crippen molar-refractivity contribution >= 4 is 15.9 Å². The van der Waals surface area contributed by atoms with Crippen LogP contribution in [0.5, 0.6) is 5.75 Å². The number of ether oxygens (including phenoxy) is 1. The van der Waals surface area contributed by atoms with Gasteiger partial charge in [0, 0.05) is 4.48 Å². The zero-order chi connectivity index (χ0) is 11.3. The molecule has 0 spiro atoms. The van der Waals surface area contributed by atoms with Crippen LogP contribution < -0.4 is 10.5 Å². The van der Waals surface area contributed by atoms with E-state index in [9.17, 15) is 4.39 Å². The van der Waals surface area contributed by atoms with Gasteiger partial charge in [-0.3, -0.25) is 0 Å². The molecule has 0 saturated carbocycles. The highest BCUT2D eigenvalue weighted by molar-refractivity contribution is 9.11.